The summed E-state index contributed by atoms with van der Waals surface area (Å²) in [6.07, 6.45) is 0.791. The van der Waals surface area contributed by atoms with Crippen molar-refractivity contribution in [3.05, 3.63) is 21.5 Å². The van der Waals surface area contributed by atoms with Crippen molar-refractivity contribution < 1.29 is 9.18 Å². The molecular formula is C14H18FIN2O. The normalized spacial score (nSPS) is 19.2. The molecule has 0 bridgehead atoms. The Kier molecular flexibility index (Phi) is 4.03. The predicted octanol–water partition coefficient (Wildman–Crippen LogP) is 3.85. The summed E-state index contributed by atoms with van der Waals surface area (Å²) in [5, 5.41) is 6.06. The van der Waals surface area contributed by atoms with Crippen LogP contribution < -0.4 is 10.6 Å². The third-order valence-corrected chi connectivity index (χ3v) is 3.91. The van der Waals surface area contributed by atoms with Crippen LogP contribution in [0, 0.1) is 20.7 Å². The van der Waals surface area contributed by atoms with Gasteiger partial charge in [0.15, 0.2) is 0 Å². The monoisotopic (exact) mass is 376 g/mol. The number of hydrogen-bond donors (Lipinski definition) is 2. The van der Waals surface area contributed by atoms with E-state index in [1.807, 2.05) is 22.6 Å². The van der Waals surface area contributed by atoms with Crippen LogP contribution in [-0.4, -0.2) is 12.5 Å². The van der Waals surface area contributed by atoms with Crippen LogP contribution in [0.4, 0.5) is 15.8 Å². The van der Waals surface area contributed by atoms with Crippen molar-refractivity contribution in [2.75, 3.05) is 17.2 Å². The molecule has 0 saturated heterocycles. The van der Waals surface area contributed by atoms with Crippen LogP contribution in [0.1, 0.15) is 27.2 Å². The minimum absolute atomic E-state index is 0.00332. The molecule has 0 spiro atoms. The molecule has 0 fully saturated rings. The number of amides is 1. The number of nitrogens with one attached hydrogen (secondary N) is 2. The van der Waals surface area contributed by atoms with Gasteiger partial charge < -0.3 is 10.6 Å². The molecule has 5 heteroatoms. The van der Waals surface area contributed by atoms with E-state index in [0.717, 1.165) is 6.42 Å². The minimum Gasteiger partial charge on any atom is -0.382 e. The summed E-state index contributed by atoms with van der Waals surface area (Å²) in [4.78, 5) is 12.2. The molecule has 19 heavy (non-hydrogen) atoms. The largest absolute Gasteiger partial charge is 0.382 e. The quantitative estimate of drug-likeness (QED) is 0.732. The standard InChI is InChI=1S/C14H18FIN2O/c1-14(2,3)6-8-7-17-11-4-9(15)10(16)5-12(11)18-13(8)19/h4-5,8,17H,6-7H2,1-3H3,(H,18,19). The van der Waals surface area contributed by atoms with Crippen LogP contribution in [-0.2, 0) is 4.79 Å². The van der Waals surface area contributed by atoms with Crippen LogP contribution in [0.15, 0.2) is 12.1 Å². The summed E-state index contributed by atoms with van der Waals surface area (Å²) < 4.78 is 14.1. The molecule has 1 aliphatic heterocycles. The Morgan fingerprint density at radius 2 is 2.05 bits per heavy atom. The van der Waals surface area contributed by atoms with Crippen LogP contribution in [0.5, 0.6) is 0 Å². The highest BCUT2D eigenvalue weighted by Gasteiger charge is 2.28. The average Bonchev–Trinajstić information content (AvgIpc) is 2.40. The topological polar surface area (TPSA) is 41.1 Å². The number of anilines is 2. The van der Waals surface area contributed by atoms with E-state index >= 15 is 0 Å². The van der Waals surface area contributed by atoms with E-state index in [-0.39, 0.29) is 23.1 Å². The summed E-state index contributed by atoms with van der Waals surface area (Å²) >= 11 is 1.92. The predicted molar refractivity (Wildman–Crippen MR) is 83.8 cm³/mol. The lowest BCUT2D eigenvalue weighted by Gasteiger charge is -2.23. The van der Waals surface area contributed by atoms with E-state index in [2.05, 4.69) is 31.4 Å². The summed E-state index contributed by atoms with van der Waals surface area (Å²) in [6, 6.07) is 3.10. The van der Waals surface area contributed by atoms with Gasteiger partial charge in [-0.05, 0) is 40.5 Å². The number of hydrogen-bond acceptors (Lipinski definition) is 2. The van der Waals surface area contributed by atoms with Crippen molar-refractivity contribution in [1.29, 1.82) is 0 Å². The molecule has 0 aliphatic carbocycles. The zero-order valence-corrected chi connectivity index (χ0v) is 13.5. The zero-order chi connectivity index (χ0) is 14.2. The molecule has 0 radical (unpaired) electrons. The Bertz CT molecular complexity index is 511. The number of rotatable bonds is 1. The molecule has 1 heterocycles. The smallest absolute Gasteiger partial charge is 0.229 e. The van der Waals surface area contributed by atoms with Gasteiger partial charge >= 0.3 is 0 Å². The molecule has 1 amide bonds. The maximum absolute atomic E-state index is 13.5. The first kappa shape index (κ1) is 14.6. The summed E-state index contributed by atoms with van der Waals surface area (Å²) in [6.45, 7) is 6.87. The Morgan fingerprint density at radius 3 is 2.68 bits per heavy atom. The van der Waals surface area contributed by atoms with Crippen molar-refractivity contribution in [3.8, 4) is 0 Å². The fraction of sp³-hybridized carbons (Fsp3) is 0.500. The highest BCUT2D eigenvalue weighted by Crippen LogP contribution is 2.32. The zero-order valence-electron chi connectivity index (χ0n) is 11.3. The SMILES string of the molecule is CC(C)(C)CC1CNc2cc(F)c(I)cc2NC1=O. The van der Waals surface area contributed by atoms with E-state index in [0.29, 0.717) is 21.5 Å². The minimum atomic E-state index is -0.268. The molecule has 1 unspecified atom stereocenters. The van der Waals surface area contributed by atoms with Crippen molar-refractivity contribution in [2.24, 2.45) is 11.3 Å². The first-order chi connectivity index (χ1) is 8.76. The first-order valence-corrected chi connectivity index (χ1v) is 7.38. The Balaban J connectivity index is 2.24. The highest BCUT2D eigenvalue weighted by molar-refractivity contribution is 14.1. The Labute approximate surface area is 126 Å². The van der Waals surface area contributed by atoms with Crippen molar-refractivity contribution in [1.82, 2.24) is 0 Å². The number of halogens is 2. The van der Waals surface area contributed by atoms with E-state index < -0.39 is 0 Å². The number of benzene rings is 1. The molecule has 2 rings (SSSR count). The van der Waals surface area contributed by atoms with Gasteiger partial charge in [0.25, 0.3) is 0 Å². The van der Waals surface area contributed by atoms with Gasteiger partial charge in [0.2, 0.25) is 5.91 Å². The van der Waals surface area contributed by atoms with Gasteiger partial charge in [-0.2, -0.15) is 0 Å². The Morgan fingerprint density at radius 1 is 1.37 bits per heavy atom. The van der Waals surface area contributed by atoms with Crippen molar-refractivity contribution in [3.63, 3.8) is 0 Å². The molecule has 2 N–H and O–H groups in total. The molecule has 3 nitrogen and oxygen atoms in total. The fourth-order valence-corrected chi connectivity index (χ4v) is 2.73. The van der Waals surface area contributed by atoms with E-state index in [4.69, 9.17) is 0 Å². The van der Waals surface area contributed by atoms with Gasteiger partial charge in [-0.15, -0.1) is 0 Å². The highest BCUT2D eigenvalue weighted by atomic mass is 127. The van der Waals surface area contributed by atoms with Crippen molar-refractivity contribution >= 4 is 39.9 Å². The second-order valence-electron chi connectivity index (χ2n) is 6.14. The van der Waals surface area contributed by atoms with Gasteiger partial charge in [0.1, 0.15) is 5.82 Å². The van der Waals surface area contributed by atoms with Gasteiger partial charge in [-0.25, -0.2) is 4.39 Å². The van der Waals surface area contributed by atoms with Crippen LogP contribution in [0.25, 0.3) is 0 Å². The second kappa shape index (κ2) is 5.26. The van der Waals surface area contributed by atoms with Crippen molar-refractivity contribution in [2.45, 2.75) is 27.2 Å². The van der Waals surface area contributed by atoms with Gasteiger partial charge in [0, 0.05) is 12.6 Å². The summed E-state index contributed by atoms with van der Waals surface area (Å²) in [7, 11) is 0. The fourth-order valence-electron chi connectivity index (χ4n) is 2.26. The van der Waals surface area contributed by atoms with E-state index in [9.17, 15) is 9.18 Å². The number of carbonyl (C=O) groups is 1. The molecule has 1 aliphatic rings. The van der Waals surface area contributed by atoms with E-state index in [1.54, 1.807) is 6.07 Å². The van der Waals surface area contributed by atoms with E-state index in [1.165, 1.54) is 6.07 Å². The maximum atomic E-state index is 13.5. The first-order valence-electron chi connectivity index (χ1n) is 6.30. The van der Waals surface area contributed by atoms with Crippen LogP contribution >= 0.6 is 22.6 Å². The molecule has 0 saturated carbocycles. The molecule has 1 aromatic rings. The third-order valence-electron chi connectivity index (χ3n) is 3.09. The van der Waals surface area contributed by atoms with Crippen LogP contribution in [0.2, 0.25) is 0 Å². The Hall–Kier alpha value is -0.850. The molecule has 104 valence electrons. The van der Waals surface area contributed by atoms with Gasteiger partial charge in [0.05, 0.1) is 20.9 Å². The van der Waals surface area contributed by atoms with Gasteiger partial charge in [-0.1, -0.05) is 20.8 Å². The summed E-state index contributed by atoms with van der Waals surface area (Å²) in [5.74, 6) is -0.368. The molecule has 1 aromatic carbocycles. The molecule has 0 aromatic heterocycles. The molecule has 1 atom stereocenters. The second-order valence-corrected chi connectivity index (χ2v) is 7.31. The lowest BCUT2D eigenvalue weighted by molar-refractivity contribution is -0.120. The lowest BCUT2D eigenvalue weighted by atomic mass is 9.84. The number of fused-ring (bicyclic) bond motifs is 1. The van der Waals surface area contributed by atoms with Gasteiger partial charge in [-0.3, -0.25) is 4.79 Å². The average molecular weight is 376 g/mol. The third kappa shape index (κ3) is 3.58. The maximum Gasteiger partial charge on any atom is 0.229 e. The lowest BCUT2D eigenvalue weighted by Crippen LogP contribution is -2.29. The van der Waals surface area contributed by atoms with Crippen LogP contribution in [0.3, 0.4) is 0 Å². The summed E-state index contributed by atoms with van der Waals surface area (Å²) in [5.41, 5.74) is 1.40. The number of carbonyl (C=O) groups excluding carboxylic acids is 1. The molecular weight excluding hydrogens is 358 g/mol.